The molecule has 1 aromatic carbocycles. The molecule has 0 bridgehead atoms. The van der Waals surface area contributed by atoms with Crippen LogP contribution in [0.25, 0.3) is 0 Å². The third-order valence-corrected chi connectivity index (χ3v) is 4.89. The molecule has 2 atom stereocenters. The molecular weight excluding hydrogens is 360 g/mol. The van der Waals surface area contributed by atoms with E-state index in [-0.39, 0.29) is 9.28 Å². The number of nitrogens with one attached hydrogen (secondary N) is 1. The van der Waals surface area contributed by atoms with E-state index in [0.717, 1.165) is 12.0 Å². The summed E-state index contributed by atoms with van der Waals surface area (Å²) in [6, 6.07) is 9.73. The first-order chi connectivity index (χ1) is 8.41. The van der Waals surface area contributed by atoms with Gasteiger partial charge in [-0.2, -0.15) is 0 Å². The Morgan fingerprint density at radius 3 is 2.56 bits per heavy atom. The zero-order chi connectivity index (χ0) is 13.2. The highest BCUT2D eigenvalue weighted by Gasteiger charge is 2.44. The van der Waals surface area contributed by atoms with Crippen molar-refractivity contribution >= 4 is 31.9 Å². The Labute approximate surface area is 124 Å². The van der Waals surface area contributed by atoms with E-state index in [2.05, 4.69) is 37.2 Å². The fourth-order valence-corrected chi connectivity index (χ4v) is 3.32. The normalized spacial score (nSPS) is 31.2. The molecule has 0 amide bonds. The molecule has 0 radical (unpaired) electrons. The average Bonchev–Trinajstić information content (AvgIpc) is 2.33. The Morgan fingerprint density at radius 1 is 1.28 bits per heavy atom. The molecule has 1 saturated carbocycles. The van der Waals surface area contributed by atoms with Crippen molar-refractivity contribution in [1.82, 2.24) is 5.32 Å². The van der Waals surface area contributed by atoms with E-state index in [9.17, 15) is 5.11 Å². The van der Waals surface area contributed by atoms with Gasteiger partial charge in [-0.15, -0.1) is 0 Å². The van der Waals surface area contributed by atoms with Gasteiger partial charge >= 0.3 is 0 Å². The van der Waals surface area contributed by atoms with Crippen LogP contribution in [0.4, 0.5) is 0 Å². The second kappa shape index (κ2) is 5.59. The molecule has 1 fully saturated rings. The van der Waals surface area contributed by atoms with E-state index in [0.29, 0.717) is 19.4 Å². The fraction of sp³-hybridized carbons (Fsp3) is 0.538. The number of aliphatic hydroxyl groups is 1. The summed E-state index contributed by atoms with van der Waals surface area (Å²) in [5, 5.41) is 13.7. The molecule has 0 aliphatic heterocycles. The highest BCUT2D eigenvalue weighted by atomic mass is 79.9. The second-order valence-corrected chi connectivity index (χ2v) is 9.03. The summed E-state index contributed by atoms with van der Waals surface area (Å²) in [5.41, 5.74) is 6.24. The predicted molar refractivity (Wildman–Crippen MR) is 80.6 cm³/mol. The third-order valence-electron chi connectivity index (χ3n) is 3.45. The van der Waals surface area contributed by atoms with Gasteiger partial charge in [0, 0.05) is 12.6 Å². The van der Waals surface area contributed by atoms with Crippen molar-refractivity contribution in [1.29, 1.82) is 0 Å². The lowest BCUT2D eigenvalue weighted by Crippen LogP contribution is -2.62. The minimum Gasteiger partial charge on any atom is -0.374 e. The summed E-state index contributed by atoms with van der Waals surface area (Å²) in [7, 11) is 0. The Bertz CT molecular complexity index is 399. The summed E-state index contributed by atoms with van der Waals surface area (Å²) < 4.78 is -0.139. The zero-order valence-electron chi connectivity index (χ0n) is 10.1. The van der Waals surface area contributed by atoms with E-state index < -0.39 is 5.72 Å². The van der Waals surface area contributed by atoms with Crippen molar-refractivity contribution < 1.29 is 5.11 Å². The van der Waals surface area contributed by atoms with E-state index in [1.807, 2.05) is 30.3 Å². The Hall–Kier alpha value is 0.0600. The zero-order valence-corrected chi connectivity index (χ0v) is 13.2. The van der Waals surface area contributed by atoms with Gasteiger partial charge in [0.05, 0.1) is 3.23 Å². The van der Waals surface area contributed by atoms with Gasteiger partial charge in [-0.3, -0.25) is 5.32 Å². The van der Waals surface area contributed by atoms with Crippen LogP contribution in [0.5, 0.6) is 0 Å². The smallest absolute Gasteiger partial charge is 0.131 e. The first-order valence-electron chi connectivity index (χ1n) is 6.06. The van der Waals surface area contributed by atoms with Crippen molar-refractivity contribution in [3.63, 3.8) is 0 Å². The monoisotopic (exact) mass is 376 g/mol. The largest absolute Gasteiger partial charge is 0.374 e. The second-order valence-electron chi connectivity index (χ2n) is 4.93. The summed E-state index contributed by atoms with van der Waals surface area (Å²) in [6.45, 7) is 0.628. The van der Waals surface area contributed by atoms with Gasteiger partial charge in [0.1, 0.15) is 5.72 Å². The van der Waals surface area contributed by atoms with Crippen molar-refractivity contribution in [3.05, 3.63) is 35.9 Å². The van der Waals surface area contributed by atoms with Crippen LogP contribution in [0, 0.1) is 0 Å². The number of hydrogen-bond acceptors (Lipinski definition) is 3. The summed E-state index contributed by atoms with van der Waals surface area (Å²) in [4.78, 5) is 0. The molecule has 18 heavy (non-hydrogen) atoms. The first kappa shape index (κ1) is 14.5. The molecule has 100 valence electrons. The molecule has 0 heterocycles. The van der Waals surface area contributed by atoms with Crippen LogP contribution in [0.2, 0.25) is 0 Å². The SMILES string of the molecule is NC1CC(Br)(Br)CCC1(O)NCc1ccccc1. The first-order valence-corrected chi connectivity index (χ1v) is 7.65. The number of alkyl halides is 2. The molecule has 1 aromatic rings. The van der Waals surface area contributed by atoms with Gasteiger partial charge in [0.15, 0.2) is 0 Å². The lowest BCUT2D eigenvalue weighted by atomic mass is 9.87. The maximum absolute atomic E-state index is 10.6. The third kappa shape index (κ3) is 3.54. The molecule has 0 saturated heterocycles. The summed E-state index contributed by atoms with van der Waals surface area (Å²) in [6.07, 6.45) is 2.14. The van der Waals surface area contributed by atoms with Crippen LogP contribution in [0.1, 0.15) is 24.8 Å². The van der Waals surface area contributed by atoms with Crippen molar-refractivity contribution in [2.75, 3.05) is 0 Å². The number of halogens is 2. The lowest BCUT2D eigenvalue weighted by molar-refractivity contribution is -0.0462. The van der Waals surface area contributed by atoms with E-state index >= 15 is 0 Å². The summed E-state index contributed by atoms with van der Waals surface area (Å²) >= 11 is 7.16. The summed E-state index contributed by atoms with van der Waals surface area (Å²) in [5.74, 6) is 0. The Balaban J connectivity index is 1.96. The molecule has 2 unspecified atom stereocenters. The van der Waals surface area contributed by atoms with Gasteiger partial charge in [0.25, 0.3) is 0 Å². The maximum atomic E-state index is 10.6. The molecule has 3 nitrogen and oxygen atoms in total. The predicted octanol–water partition coefficient (Wildman–Crippen LogP) is 2.46. The van der Waals surface area contributed by atoms with Gasteiger partial charge in [-0.05, 0) is 24.8 Å². The minimum atomic E-state index is -0.985. The highest BCUT2D eigenvalue weighted by molar-refractivity contribution is 9.25. The van der Waals surface area contributed by atoms with Crippen molar-refractivity contribution in [2.24, 2.45) is 5.73 Å². The van der Waals surface area contributed by atoms with E-state index in [1.54, 1.807) is 0 Å². The quantitative estimate of drug-likeness (QED) is 0.560. The van der Waals surface area contributed by atoms with Crippen LogP contribution in [0.15, 0.2) is 30.3 Å². The van der Waals surface area contributed by atoms with Crippen LogP contribution < -0.4 is 11.1 Å². The molecule has 0 aromatic heterocycles. The van der Waals surface area contributed by atoms with Gasteiger partial charge in [-0.25, -0.2) is 0 Å². The van der Waals surface area contributed by atoms with Crippen LogP contribution in [-0.2, 0) is 6.54 Å². The van der Waals surface area contributed by atoms with Crippen molar-refractivity contribution in [2.45, 2.75) is 40.8 Å². The Kier molecular flexibility index (Phi) is 4.49. The molecule has 5 heteroatoms. The minimum absolute atomic E-state index is 0.139. The number of rotatable bonds is 3. The van der Waals surface area contributed by atoms with Gasteiger partial charge in [-0.1, -0.05) is 62.2 Å². The van der Waals surface area contributed by atoms with Gasteiger partial charge < -0.3 is 10.8 Å². The molecule has 2 rings (SSSR count). The van der Waals surface area contributed by atoms with E-state index in [1.165, 1.54) is 0 Å². The molecule has 0 spiro atoms. The molecular formula is C13H18Br2N2O. The van der Waals surface area contributed by atoms with E-state index in [4.69, 9.17) is 5.73 Å². The lowest BCUT2D eigenvalue weighted by Gasteiger charge is -2.43. The fourth-order valence-electron chi connectivity index (χ4n) is 2.22. The number of hydrogen-bond donors (Lipinski definition) is 3. The maximum Gasteiger partial charge on any atom is 0.131 e. The van der Waals surface area contributed by atoms with Crippen LogP contribution in [0.3, 0.4) is 0 Å². The highest BCUT2D eigenvalue weighted by Crippen LogP contribution is 2.43. The molecule has 1 aliphatic carbocycles. The number of nitrogens with two attached hydrogens (primary N) is 1. The Morgan fingerprint density at radius 2 is 1.94 bits per heavy atom. The standard InChI is InChI=1S/C13H18Br2N2O/c14-12(15)6-7-13(18,11(16)8-12)17-9-10-4-2-1-3-5-10/h1-5,11,17-18H,6-9,16H2. The van der Waals surface area contributed by atoms with Gasteiger partial charge in [0.2, 0.25) is 0 Å². The molecule has 1 aliphatic rings. The number of benzene rings is 1. The average molecular weight is 378 g/mol. The topological polar surface area (TPSA) is 58.3 Å². The van der Waals surface area contributed by atoms with Crippen LogP contribution in [-0.4, -0.2) is 20.1 Å². The van der Waals surface area contributed by atoms with Crippen molar-refractivity contribution in [3.8, 4) is 0 Å². The molecule has 4 N–H and O–H groups in total. The van der Waals surface area contributed by atoms with Crippen LogP contribution >= 0.6 is 31.9 Å².